The highest BCUT2D eigenvalue weighted by Crippen LogP contribution is 2.70. The van der Waals surface area contributed by atoms with Gasteiger partial charge in [0.1, 0.15) is 17.7 Å². The molecule has 1 aromatic heterocycles. The van der Waals surface area contributed by atoms with Crippen LogP contribution in [0, 0.1) is 13.8 Å². The second-order valence-corrected chi connectivity index (χ2v) is 13.8. The van der Waals surface area contributed by atoms with Crippen molar-refractivity contribution < 1.29 is 13.6 Å². The summed E-state index contributed by atoms with van der Waals surface area (Å²) in [6, 6.07) is 14.4. The summed E-state index contributed by atoms with van der Waals surface area (Å²) in [7, 11) is -3.60. The van der Waals surface area contributed by atoms with Gasteiger partial charge in [-0.15, -0.1) is 0 Å². The molecule has 0 fully saturated rings. The Kier molecular flexibility index (Phi) is 4.36. The third-order valence-corrected chi connectivity index (χ3v) is 9.61. The Morgan fingerprint density at radius 2 is 1.38 bits per heavy atom. The van der Waals surface area contributed by atoms with Crippen molar-refractivity contribution in [1.82, 2.24) is 4.98 Å². The van der Waals surface area contributed by atoms with Crippen LogP contribution in [0.15, 0.2) is 48.7 Å². The van der Waals surface area contributed by atoms with Crippen molar-refractivity contribution in [2.75, 3.05) is 0 Å². The van der Waals surface area contributed by atoms with E-state index in [1.165, 1.54) is 22.3 Å². The van der Waals surface area contributed by atoms with Gasteiger partial charge >= 0.3 is 7.60 Å². The van der Waals surface area contributed by atoms with Crippen LogP contribution >= 0.6 is 7.60 Å². The van der Waals surface area contributed by atoms with E-state index < -0.39 is 7.60 Å². The molecule has 0 bridgehead atoms. The molecule has 0 radical (unpaired) electrons. The van der Waals surface area contributed by atoms with E-state index in [0.717, 1.165) is 35.5 Å². The average molecular weight is 474 g/mol. The fourth-order valence-corrected chi connectivity index (χ4v) is 8.66. The zero-order valence-electron chi connectivity index (χ0n) is 20.9. The van der Waals surface area contributed by atoms with Crippen LogP contribution in [0.1, 0.15) is 79.6 Å². The van der Waals surface area contributed by atoms with Crippen LogP contribution in [0.3, 0.4) is 0 Å². The monoisotopic (exact) mass is 473 g/mol. The van der Waals surface area contributed by atoms with Gasteiger partial charge in [-0.05, 0) is 84.0 Å². The molecule has 176 valence electrons. The SMILES string of the molecule is Cc1cc2c3c(c1)C(C)(C)CC31CC(C)(C)c3cc(C)cc(c31)OP(=O)(Cc1ccccn1)O2. The summed E-state index contributed by atoms with van der Waals surface area (Å²) in [5.74, 6) is 1.43. The van der Waals surface area contributed by atoms with Gasteiger partial charge in [-0.3, -0.25) is 4.98 Å². The number of nitrogens with zero attached hydrogens (tertiary/aromatic N) is 1. The van der Waals surface area contributed by atoms with Crippen molar-refractivity contribution in [2.24, 2.45) is 0 Å². The van der Waals surface area contributed by atoms with Crippen LogP contribution in [-0.2, 0) is 27.0 Å². The lowest BCUT2D eigenvalue weighted by Crippen LogP contribution is -2.28. The van der Waals surface area contributed by atoms with E-state index in [1.54, 1.807) is 6.20 Å². The molecule has 0 saturated heterocycles. The van der Waals surface area contributed by atoms with Gasteiger partial charge in [0, 0.05) is 22.7 Å². The minimum absolute atomic E-state index is 0.0331. The van der Waals surface area contributed by atoms with E-state index in [2.05, 4.69) is 70.8 Å². The average Bonchev–Trinajstić information content (AvgIpc) is 3.06. The molecule has 3 aliphatic rings. The number of hydrogen-bond acceptors (Lipinski definition) is 4. The van der Waals surface area contributed by atoms with Crippen LogP contribution in [0.2, 0.25) is 0 Å². The highest BCUT2D eigenvalue weighted by molar-refractivity contribution is 7.53. The molecule has 1 spiro atoms. The molecule has 4 nitrogen and oxygen atoms in total. The van der Waals surface area contributed by atoms with Crippen LogP contribution in [0.4, 0.5) is 0 Å². The first-order chi connectivity index (χ1) is 15.9. The first-order valence-corrected chi connectivity index (χ1v) is 13.8. The lowest BCUT2D eigenvalue weighted by atomic mass is 9.72. The second kappa shape index (κ2) is 6.76. The molecule has 34 heavy (non-hydrogen) atoms. The molecule has 0 N–H and O–H groups in total. The van der Waals surface area contributed by atoms with Gasteiger partial charge in [-0.25, -0.2) is 4.57 Å². The largest absolute Gasteiger partial charge is 0.436 e. The van der Waals surface area contributed by atoms with Gasteiger partial charge in [0.05, 0.1) is 5.69 Å². The van der Waals surface area contributed by atoms with Gasteiger partial charge < -0.3 is 9.05 Å². The molecule has 0 amide bonds. The Morgan fingerprint density at radius 1 is 0.853 bits per heavy atom. The molecule has 0 saturated carbocycles. The van der Waals surface area contributed by atoms with Crippen molar-refractivity contribution in [2.45, 2.75) is 76.8 Å². The van der Waals surface area contributed by atoms with E-state index in [9.17, 15) is 4.57 Å². The molecule has 0 unspecified atom stereocenters. The maximum atomic E-state index is 14.4. The minimum atomic E-state index is -3.60. The van der Waals surface area contributed by atoms with E-state index in [1.807, 2.05) is 18.2 Å². The number of benzene rings is 2. The molecule has 2 heterocycles. The summed E-state index contributed by atoms with van der Waals surface area (Å²) in [5.41, 5.74) is 7.69. The fraction of sp³-hybridized carbons (Fsp3) is 0.414. The Hall–Kier alpha value is -2.58. The smallest absolute Gasteiger partial charge is 0.415 e. The van der Waals surface area contributed by atoms with Crippen LogP contribution in [0.25, 0.3) is 0 Å². The van der Waals surface area contributed by atoms with E-state index in [-0.39, 0.29) is 22.4 Å². The fourth-order valence-electron chi connectivity index (χ4n) is 7.02. The van der Waals surface area contributed by atoms with Crippen LogP contribution in [-0.4, -0.2) is 4.98 Å². The first-order valence-electron chi connectivity index (χ1n) is 12.1. The molecular formula is C29H32NO3P. The van der Waals surface area contributed by atoms with Crippen molar-refractivity contribution in [1.29, 1.82) is 0 Å². The maximum Gasteiger partial charge on any atom is 0.436 e. The van der Waals surface area contributed by atoms with Gasteiger partial charge in [0.2, 0.25) is 0 Å². The van der Waals surface area contributed by atoms with Gasteiger partial charge in [0.25, 0.3) is 0 Å². The lowest BCUT2D eigenvalue weighted by molar-refractivity contribution is 0.327. The third-order valence-electron chi connectivity index (χ3n) is 7.95. The summed E-state index contributed by atoms with van der Waals surface area (Å²) in [6.07, 6.45) is 3.81. The Morgan fingerprint density at radius 3 is 1.85 bits per heavy atom. The lowest BCUT2D eigenvalue weighted by Gasteiger charge is -2.35. The van der Waals surface area contributed by atoms with E-state index >= 15 is 0 Å². The standard InChI is InChI=1S/C29H32NO3P/c1-18-11-21-25-23(13-18)32-34(31,15-20-9-7-8-10-30-20)33-24-14-19(2)12-22-26(24)29(25,16-27(21,3)4)17-28(22,5)6/h7-14H,15-17H2,1-6H3. The Bertz CT molecular complexity index is 1310. The third kappa shape index (κ3) is 3.04. The number of hydrogen-bond donors (Lipinski definition) is 0. The minimum Gasteiger partial charge on any atom is -0.415 e. The molecule has 0 atom stereocenters. The number of aromatic nitrogens is 1. The Balaban J connectivity index is 1.68. The number of pyridine rings is 1. The highest BCUT2D eigenvalue weighted by atomic mass is 31.2. The van der Waals surface area contributed by atoms with Gasteiger partial charge in [-0.2, -0.15) is 0 Å². The first kappa shape index (κ1) is 21.9. The van der Waals surface area contributed by atoms with Crippen molar-refractivity contribution >= 4 is 7.60 Å². The van der Waals surface area contributed by atoms with Crippen LogP contribution in [0.5, 0.6) is 11.5 Å². The number of aryl methyl sites for hydroxylation is 2. The highest BCUT2D eigenvalue weighted by Gasteiger charge is 2.60. The second-order valence-electron chi connectivity index (χ2n) is 11.8. The van der Waals surface area contributed by atoms with E-state index in [4.69, 9.17) is 9.05 Å². The maximum absolute atomic E-state index is 14.4. The quantitative estimate of drug-likeness (QED) is 0.361. The van der Waals surface area contributed by atoms with Crippen LogP contribution < -0.4 is 9.05 Å². The zero-order valence-corrected chi connectivity index (χ0v) is 21.8. The van der Waals surface area contributed by atoms with Crippen molar-refractivity contribution in [3.05, 3.63) is 87.7 Å². The summed E-state index contributed by atoms with van der Waals surface area (Å²) in [5, 5.41) is 0. The van der Waals surface area contributed by atoms with Gasteiger partial charge in [-0.1, -0.05) is 45.9 Å². The molecule has 5 heteroatoms. The van der Waals surface area contributed by atoms with Crippen molar-refractivity contribution in [3.8, 4) is 11.5 Å². The normalized spacial score (nSPS) is 21.5. The summed E-state index contributed by atoms with van der Waals surface area (Å²) in [4.78, 5) is 4.42. The molecule has 2 aliphatic carbocycles. The van der Waals surface area contributed by atoms with Crippen molar-refractivity contribution in [3.63, 3.8) is 0 Å². The zero-order chi connectivity index (χ0) is 24.1. The van der Waals surface area contributed by atoms with Gasteiger partial charge in [0.15, 0.2) is 0 Å². The van der Waals surface area contributed by atoms with E-state index in [0.29, 0.717) is 5.69 Å². The molecule has 1 aliphatic heterocycles. The molecule has 2 aromatic carbocycles. The predicted octanol–water partition coefficient (Wildman–Crippen LogP) is 7.51. The topological polar surface area (TPSA) is 48.4 Å². The number of rotatable bonds is 2. The Labute approximate surface area is 202 Å². The molecular weight excluding hydrogens is 441 g/mol. The predicted molar refractivity (Wildman–Crippen MR) is 135 cm³/mol. The summed E-state index contributed by atoms with van der Waals surface area (Å²) < 4.78 is 27.4. The molecule has 6 rings (SSSR count). The summed E-state index contributed by atoms with van der Waals surface area (Å²) >= 11 is 0. The summed E-state index contributed by atoms with van der Waals surface area (Å²) in [6.45, 7) is 13.5. The molecule has 3 aromatic rings.